The summed E-state index contributed by atoms with van der Waals surface area (Å²) in [5, 5.41) is 0.441. The largest absolute Gasteiger partial charge is 0.427 e. The van der Waals surface area contributed by atoms with Crippen LogP contribution in [0.3, 0.4) is 0 Å². The van der Waals surface area contributed by atoms with Crippen LogP contribution in [0.4, 0.5) is 0 Å². The Morgan fingerprint density at radius 1 is 2.00 bits per heavy atom. The minimum absolute atomic E-state index is 0.441. The zero-order chi connectivity index (χ0) is 4.41. The molecule has 0 unspecified atom stereocenters. The lowest BCUT2D eigenvalue weighted by molar-refractivity contribution is 0.696. The summed E-state index contributed by atoms with van der Waals surface area (Å²) in [6, 6.07) is 0. The fourth-order valence-electron chi connectivity index (χ4n) is 0.153. The molecule has 0 saturated carbocycles. The Labute approximate surface area is 41.4 Å². The monoisotopic (exact) mass is 121 g/mol. The van der Waals surface area contributed by atoms with E-state index >= 15 is 0 Å². The molecule has 0 aliphatic rings. The molecule has 0 aromatic carbocycles. The van der Waals surface area contributed by atoms with Crippen molar-refractivity contribution in [3.63, 3.8) is 0 Å². The highest BCUT2D eigenvalue weighted by molar-refractivity contribution is 7.18. The molecule has 0 atom stereocenters. The SMILES string of the molecule is Clc1copn1. The van der Waals surface area contributed by atoms with Gasteiger partial charge in [-0.2, -0.15) is 4.75 Å². The molecule has 1 aromatic heterocycles. The number of hydrogen-bond acceptors (Lipinski definition) is 2. The van der Waals surface area contributed by atoms with E-state index in [0.29, 0.717) is 13.7 Å². The van der Waals surface area contributed by atoms with Crippen molar-refractivity contribution < 1.29 is 4.20 Å². The first kappa shape index (κ1) is 4.10. The molecule has 1 heterocycles. The van der Waals surface area contributed by atoms with Crippen LogP contribution in [-0.4, -0.2) is 4.75 Å². The summed E-state index contributed by atoms with van der Waals surface area (Å²) in [4.78, 5) is 0. The van der Waals surface area contributed by atoms with Crippen LogP contribution in [0.25, 0.3) is 0 Å². The molecular weight excluding hydrogens is 120 g/mol. The van der Waals surface area contributed by atoms with Gasteiger partial charge in [0.25, 0.3) is 0 Å². The molecule has 0 fully saturated rings. The second-order valence-corrected chi connectivity index (χ2v) is 1.69. The number of hydrogen-bond donors (Lipinski definition) is 0. The van der Waals surface area contributed by atoms with Crippen LogP contribution in [-0.2, 0) is 0 Å². The van der Waals surface area contributed by atoms with Crippen molar-refractivity contribution in [3.05, 3.63) is 11.4 Å². The van der Waals surface area contributed by atoms with Gasteiger partial charge in [0, 0.05) is 0 Å². The van der Waals surface area contributed by atoms with Gasteiger partial charge in [0.15, 0.2) is 5.15 Å². The van der Waals surface area contributed by atoms with Gasteiger partial charge in [-0.25, -0.2) is 0 Å². The van der Waals surface area contributed by atoms with Crippen molar-refractivity contribution in [1.82, 2.24) is 4.75 Å². The lowest BCUT2D eigenvalue weighted by Gasteiger charge is -1.57. The standard InChI is InChI=1S/C2HClNOP/c3-2-1-5-6-4-2/h1H. The lowest BCUT2D eigenvalue weighted by Crippen LogP contribution is -1.45. The van der Waals surface area contributed by atoms with E-state index < -0.39 is 0 Å². The van der Waals surface area contributed by atoms with Gasteiger partial charge in [0.05, 0.1) is 0 Å². The van der Waals surface area contributed by atoms with E-state index in [1.54, 1.807) is 0 Å². The molecule has 0 bridgehead atoms. The smallest absolute Gasteiger partial charge is 0.248 e. The number of aromatic nitrogens is 1. The Morgan fingerprint density at radius 2 is 2.83 bits per heavy atom. The Hall–Kier alpha value is -0.0700. The van der Waals surface area contributed by atoms with Crippen molar-refractivity contribution in [3.8, 4) is 0 Å². The summed E-state index contributed by atoms with van der Waals surface area (Å²) in [5.74, 6) is 0. The molecule has 0 amide bonds. The highest BCUT2D eigenvalue weighted by Crippen LogP contribution is 2.08. The quantitative estimate of drug-likeness (QED) is 0.524. The van der Waals surface area contributed by atoms with Crippen LogP contribution >= 0.6 is 20.2 Å². The summed E-state index contributed by atoms with van der Waals surface area (Å²) in [7, 11) is 0.586. The predicted molar refractivity (Wildman–Crippen MR) is 24.0 cm³/mol. The predicted octanol–water partition coefficient (Wildman–Crippen LogP) is 1.91. The topological polar surface area (TPSA) is 26.0 Å². The summed E-state index contributed by atoms with van der Waals surface area (Å²) < 4.78 is 8.18. The first-order valence-corrected chi connectivity index (χ1v) is 2.46. The van der Waals surface area contributed by atoms with Crippen LogP contribution in [0, 0.1) is 0 Å². The van der Waals surface area contributed by atoms with Crippen LogP contribution < -0.4 is 0 Å². The highest BCUT2D eigenvalue weighted by Gasteiger charge is 1.82. The van der Waals surface area contributed by atoms with Gasteiger partial charge in [0.2, 0.25) is 8.59 Å². The Morgan fingerprint density at radius 3 is 3.00 bits per heavy atom. The number of nitrogens with zero attached hydrogens (tertiary/aromatic N) is 1. The van der Waals surface area contributed by atoms with E-state index in [0.717, 1.165) is 0 Å². The van der Waals surface area contributed by atoms with E-state index in [1.807, 2.05) is 0 Å². The van der Waals surface area contributed by atoms with E-state index in [2.05, 4.69) is 8.94 Å². The third-order valence-electron chi connectivity index (χ3n) is 0.333. The Bertz CT molecular complexity index is 117. The summed E-state index contributed by atoms with van der Waals surface area (Å²) in [6.07, 6.45) is 1.41. The zero-order valence-electron chi connectivity index (χ0n) is 2.76. The zero-order valence-corrected chi connectivity index (χ0v) is 4.41. The van der Waals surface area contributed by atoms with Crippen LogP contribution in [0.5, 0.6) is 0 Å². The van der Waals surface area contributed by atoms with Gasteiger partial charge in [0.1, 0.15) is 6.26 Å². The van der Waals surface area contributed by atoms with Crippen molar-refractivity contribution in [2.24, 2.45) is 0 Å². The third kappa shape index (κ3) is 0.703. The van der Waals surface area contributed by atoms with E-state index in [-0.39, 0.29) is 0 Å². The average Bonchev–Trinajstić information content (AvgIpc) is 1.86. The van der Waals surface area contributed by atoms with Gasteiger partial charge >= 0.3 is 0 Å². The lowest BCUT2D eigenvalue weighted by atomic mass is 11.0. The first-order chi connectivity index (χ1) is 2.89. The Kier molecular flexibility index (Phi) is 1.08. The number of rotatable bonds is 0. The molecule has 0 aliphatic heterocycles. The second kappa shape index (κ2) is 1.59. The molecule has 1 aromatic rings. The maximum Gasteiger partial charge on any atom is 0.248 e. The molecule has 1 rings (SSSR count). The van der Waals surface area contributed by atoms with Gasteiger partial charge in [-0.05, 0) is 0 Å². The molecule has 4 heteroatoms. The summed E-state index contributed by atoms with van der Waals surface area (Å²) >= 11 is 5.27. The van der Waals surface area contributed by atoms with E-state index in [4.69, 9.17) is 11.6 Å². The Balaban J connectivity index is 3.05. The summed E-state index contributed by atoms with van der Waals surface area (Å²) in [5.41, 5.74) is 0. The number of halogens is 1. The second-order valence-electron chi connectivity index (χ2n) is 0.728. The molecular formula is C2HClNOP. The average molecular weight is 121 g/mol. The summed E-state index contributed by atoms with van der Waals surface area (Å²) in [6.45, 7) is 0. The van der Waals surface area contributed by atoms with Crippen molar-refractivity contribution >= 4 is 20.2 Å². The fourth-order valence-corrected chi connectivity index (χ4v) is 0.672. The molecule has 0 N–H and O–H groups in total. The van der Waals surface area contributed by atoms with Crippen LogP contribution in [0.15, 0.2) is 10.5 Å². The van der Waals surface area contributed by atoms with Crippen molar-refractivity contribution in [1.29, 1.82) is 0 Å². The van der Waals surface area contributed by atoms with Crippen LogP contribution in [0.1, 0.15) is 0 Å². The maximum absolute atomic E-state index is 5.27. The molecule has 0 radical (unpaired) electrons. The third-order valence-corrected chi connectivity index (χ3v) is 1.12. The van der Waals surface area contributed by atoms with Gasteiger partial charge in [-0.1, -0.05) is 11.6 Å². The van der Waals surface area contributed by atoms with Gasteiger partial charge in [-0.3, -0.25) is 0 Å². The molecule has 32 valence electrons. The molecule has 0 spiro atoms. The molecule has 2 nitrogen and oxygen atoms in total. The molecule has 0 aliphatic carbocycles. The maximum atomic E-state index is 5.27. The van der Waals surface area contributed by atoms with E-state index in [1.165, 1.54) is 6.26 Å². The van der Waals surface area contributed by atoms with Crippen molar-refractivity contribution in [2.45, 2.75) is 0 Å². The highest BCUT2D eigenvalue weighted by atomic mass is 35.5. The first-order valence-electron chi connectivity index (χ1n) is 1.32. The molecule has 0 saturated heterocycles. The fraction of sp³-hybridized carbons (Fsp3) is 0. The minimum atomic E-state index is 0.441. The molecule has 6 heavy (non-hydrogen) atoms. The van der Waals surface area contributed by atoms with E-state index in [9.17, 15) is 0 Å². The van der Waals surface area contributed by atoms with Crippen molar-refractivity contribution in [2.75, 3.05) is 0 Å². The van der Waals surface area contributed by atoms with Gasteiger partial charge < -0.3 is 4.20 Å². The van der Waals surface area contributed by atoms with Gasteiger partial charge in [-0.15, -0.1) is 0 Å². The van der Waals surface area contributed by atoms with Crippen LogP contribution in [0.2, 0.25) is 5.15 Å². The minimum Gasteiger partial charge on any atom is -0.427 e. The normalized spacial score (nSPS) is 10.2.